The zero-order valence-electron chi connectivity index (χ0n) is 9.73. The smallest absolute Gasteiger partial charge is 0.137 e. The standard InChI is InChI=1S/C13H16N2O/c1-9(2)10-3-5-15-12-4-6-16-8-11(12)14-13(15)7-10/h3,5,7,9H,4,6,8H2,1-2H3. The second-order valence-corrected chi connectivity index (χ2v) is 4.65. The minimum Gasteiger partial charge on any atom is -0.375 e. The van der Waals surface area contributed by atoms with Crippen LogP contribution in [0, 0.1) is 0 Å². The zero-order valence-corrected chi connectivity index (χ0v) is 9.73. The van der Waals surface area contributed by atoms with Crippen LogP contribution in [-0.4, -0.2) is 16.0 Å². The quantitative estimate of drug-likeness (QED) is 0.732. The van der Waals surface area contributed by atoms with Gasteiger partial charge in [-0.05, 0) is 23.6 Å². The van der Waals surface area contributed by atoms with Crippen LogP contribution in [0.25, 0.3) is 5.65 Å². The molecular formula is C13H16N2O. The lowest BCUT2D eigenvalue weighted by Gasteiger charge is -2.11. The van der Waals surface area contributed by atoms with Gasteiger partial charge in [0.1, 0.15) is 5.65 Å². The fraction of sp³-hybridized carbons (Fsp3) is 0.462. The van der Waals surface area contributed by atoms with Gasteiger partial charge in [0, 0.05) is 12.6 Å². The summed E-state index contributed by atoms with van der Waals surface area (Å²) in [6.45, 7) is 5.89. The number of ether oxygens (including phenoxy) is 1. The number of hydrogen-bond donors (Lipinski definition) is 0. The minimum atomic E-state index is 0.551. The lowest BCUT2D eigenvalue weighted by atomic mass is 10.1. The first-order valence-electron chi connectivity index (χ1n) is 5.83. The van der Waals surface area contributed by atoms with Crippen LogP contribution in [0.3, 0.4) is 0 Å². The summed E-state index contributed by atoms with van der Waals surface area (Å²) in [5.74, 6) is 0.551. The third-order valence-corrected chi connectivity index (χ3v) is 3.22. The molecule has 3 nitrogen and oxygen atoms in total. The maximum absolute atomic E-state index is 5.43. The second kappa shape index (κ2) is 3.59. The lowest BCUT2D eigenvalue weighted by molar-refractivity contribution is 0.107. The van der Waals surface area contributed by atoms with Crippen LogP contribution in [0.1, 0.15) is 36.7 Å². The SMILES string of the molecule is CC(C)c1ccn2c3c(nc2c1)COCC3. The van der Waals surface area contributed by atoms with Gasteiger partial charge in [-0.15, -0.1) is 0 Å². The van der Waals surface area contributed by atoms with Crippen LogP contribution < -0.4 is 0 Å². The highest BCUT2D eigenvalue weighted by atomic mass is 16.5. The molecule has 0 unspecified atom stereocenters. The molecule has 0 amide bonds. The van der Waals surface area contributed by atoms with Crippen molar-refractivity contribution in [1.82, 2.24) is 9.38 Å². The van der Waals surface area contributed by atoms with E-state index in [0.717, 1.165) is 24.4 Å². The molecule has 84 valence electrons. The molecule has 1 aliphatic rings. The van der Waals surface area contributed by atoms with Crippen molar-refractivity contribution < 1.29 is 4.74 Å². The van der Waals surface area contributed by atoms with Gasteiger partial charge in [0.2, 0.25) is 0 Å². The molecule has 0 atom stereocenters. The molecule has 3 rings (SSSR count). The van der Waals surface area contributed by atoms with Crippen molar-refractivity contribution in [1.29, 1.82) is 0 Å². The fourth-order valence-electron chi connectivity index (χ4n) is 2.24. The maximum Gasteiger partial charge on any atom is 0.137 e. The Morgan fingerprint density at radius 3 is 3.12 bits per heavy atom. The summed E-state index contributed by atoms with van der Waals surface area (Å²) >= 11 is 0. The van der Waals surface area contributed by atoms with Crippen LogP contribution in [0.5, 0.6) is 0 Å². The number of fused-ring (bicyclic) bond motifs is 3. The molecule has 16 heavy (non-hydrogen) atoms. The summed E-state index contributed by atoms with van der Waals surface area (Å²) in [6.07, 6.45) is 3.11. The molecular weight excluding hydrogens is 200 g/mol. The monoisotopic (exact) mass is 216 g/mol. The van der Waals surface area contributed by atoms with E-state index in [-0.39, 0.29) is 0 Å². The Morgan fingerprint density at radius 1 is 1.44 bits per heavy atom. The van der Waals surface area contributed by atoms with Gasteiger partial charge >= 0.3 is 0 Å². The first-order valence-corrected chi connectivity index (χ1v) is 5.83. The summed E-state index contributed by atoms with van der Waals surface area (Å²) in [6, 6.07) is 4.37. The van der Waals surface area contributed by atoms with E-state index in [1.807, 2.05) is 0 Å². The van der Waals surface area contributed by atoms with Crippen molar-refractivity contribution in [3.63, 3.8) is 0 Å². The molecule has 0 N–H and O–H groups in total. The number of imidazole rings is 1. The van der Waals surface area contributed by atoms with Gasteiger partial charge in [-0.3, -0.25) is 0 Å². The number of hydrogen-bond acceptors (Lipinski definition) is 2. The normalized spacial score (nSPS) is 15.7. The van der Waals surface area contributed by atoms with E-state index < -0.39 is 0 Å². The molecule has 0 fully saturated rings. The van der Waals surface area contributed by atoms with Crippen molar-refractivity contribution in [2.75, 3.05) is 6.61 Å². The Balaban J connectivity index is 2.19. The van der Waals surface area contributed by atoms with Crippen LogP contribution in [0.15, 0.2) is 18.3 Å². The molecule has 0 saturated heterocycles. The van der Waals surface area contributed by atoms with Gasteiger partial charge in [-0.1, -0.05) is 13.8 Å². The average molecular weight is 216 g/mol. The lowest BCUT2D eigenvalue weighted by Crippen LogP contribution is -2.10. The molecule has 3 heterocycles. The predicted octanol–water partition coefficient (Wildman–Crippen LogP) is 2.53. The number of nitrogens with zero attached hydrogens (tertiary/aromatic N) is 2. The molecule has 1 aliphatic heterocycles. The summed E-state index contributed by atoms with van der Waals surface area (Å²) in [4.78, 5) is 4.63. The van der Waals surface area contributed by atoms with E-state index >= 15 is 0 Å². The highest BCUT2D eigenvalue weighted by Crippen LogP contribution is 2.21. The Labute approximate surface area is 95.1 Å². The van der Waals surface area contributed by atoms with Crippen LogP contribution in [-0.2, 0) is 17.8 Å². The van der Waals surface area contributed by atoms with Gasteiger partial charge < -0.3 is 9.14 Å². The average Bonchev–Trinajstić information content (AvgIpc) is 2.66. The highest BCUT2D eigenvalue weighted by molar-refractivity contribution is 5.46. The molecule has 0 saturated carbocycles. The molecule has 0 aromatic carbocycles. The van der Waals surface area contributed by atoms with Gasteiger partial charge in [0.05, 0.1) is 24.6 Å². The molecule has 2 aromatic heterocycles. The van der Waals surface area contributed by atoms with Gasteiger partial charge in [0.15, 0.2) is 0 Å². The highest BCUT2D eigenvalue weighted by Gasteiger charge is 2.16. The van der Waals surface area contributed by atoms with Crippen LogP contribution >= 0.6 is 0 Å². The summed E-state index contributed by atoms with van der Waals surface area (Å²) in [7, 11) is 0. The largest absolute Gasteiger partial charge is 0.375 e. The van der Waals surface area contributed by atoms with E-state index in [1.165, 1.54) is 11.3 Å². The zero-order chi connectivity index (χ0) is 11.1. The molecule has 3 heteroatoms. The molecule has 0 bridgehead atoms. The van der Waals surface area contributed by atoms with E-state index in [9.17, 15) is 0 Å². The topological polar surface area (TPSA) is 26.5 Å². The Kier molecular flexibility index (Phi) is 2.21. The van der Waals surface area contributed by atoms with Gasteiger partial charge in [0.25, 0.3) is 0 Å². The number of pyridine rings is 1. The second-order valence-electron chi connectivity index (χ2n) is 4.65. The van der Waals surface area contributed by atoms with E-state index in [1.54, 1.807) is 0 Å². The summed E-state index contributed by atoms with van der Waals surface area (Å²) < 4.78 is 7.63. The first-order chi connectivity index (χ1) is 7.75. The predicted molar refractivity (Wildman–Crippen MR) is 62.6 cm³/mol. The van der Waals surface area contributed by atoms with E-state index in [0.29, 0.717) is 12.5 Å². The molecule has 0 spiro atoms. The van der Waals surface area contributed by atoms with Gasteiger partial charge in [-0.2, -0.15) is 0 Å². The third-order valence-electron chi connectivity index (χ3n) is 3.22. The van der Waals surface area contributed by atoms with Gasteiger partial charge in [-0.25, -0.2) is 4.98 Å². The van der Waals surface area contributed by atoms with Crippen molar-refractivity contribution in [3.8, 4) is 0 Å². The molecule has 0 aliphatic carbocycles. The van der Waals surface area contributed by atoms with Crippen LogP contribution in [0.4, 0.5) is 0 Å². The molecule has 2 aromatic rings. The number of rotatable bonds is 1. The van der Waals surface area contributed by atoms with Crippen LogP contribution in [0.2, 0.25) is 0 Å². The van der Waals surface area contributed by atoms with E-state index in [2.05, 4.69) is 41.6 Å². The Bertz CT molecular complexity index is 528. The van der Waals surface area contributed by atoms with Crippen molar-refractivity contribution >= 4 is 5.65 Å². The van der Waals surface area contributed by atoms with Crippen molar-refractivity contribution in [3.05, 3.63) is 35.3 Å². The third kappa shape index (κ3) is 1.43. The van der Waals surface area contributed by atoms with Crippen molar-refractivity contribution in [2.45, 2.75) is 32.8 Å². The summed E-state index contributed by atoms with van der Waals surface area (Å²) in [5.41, 5.74) is 4.82. The Morgan fingerprint density at radius 2 is 2.31 bits per heavy atom. The first kappa shape index (κ1) is 9.85. The maximum atomic E-state index is 5.43. The minimum absolute atomic E-state index is 0.551. The fourth-order valence-corrected chi connectivity index (χ4v) is 2.24. The van der Waals surface area contributed by atoms with E-state index in [4.69, 9.17) is 4.74 Å². The van der Waals surface area contributed by atoms with Crippen molar-refractivity contribution in [2.24, 2.45) is 0 Å². The Hall–Kier alpha value is -1.35. The number of aromatic nitrogens is 2. The molecule has 0 radical (unpaired) electrons. The summed E-state index contributed by atoms with van der Waals surface area (Å²) in [5, 5.41) is 0.